The van der Waals surface area contributed by atoms with E-state index in [0.717, 1.165) is 17.7 Å². The van der Waals surface area contributed by atoms with Crippen molar-refractivity contribution in [1.29, 1.82) is 0 Å². The summed E-state index contributed by atoms with van der Waals surface area (Å²) in [5.41, 5.74) is 3.24. The molecule has 3 aromatic carbocycles. The summed E-state index contributed by atoms with van der Waals surface area (Å²) in [6.45, 7) is 0.842. The summed E-state index contributed by atoms with van der Waals surface area (Å²) in [4.78, 5) is 2.15. The number of phenolic OH excluding ortho intramolecular Hbond substituents is 1. The Kier molecular flexibility index (Phi) is 3.63. The average Bonchev–Trinajstić information content (AvgIpc) is 2.47. The quantitative estimate of drug-likeness (QED) is 0.772. The lowest BCUT2D eigenvalue weighted by molar-refractivity contribution is 0.403. The lowest BCUT2D eigenvalue weighted by atomic mass is 9.92. The predicted molar refractivity (Wildman–Crippen MR) is 88.4 cm³/mol. The first kappa shape index (κ1) is 13.7. The first-order chi connectivity index (χ1) is 10.2. The number of nitrogens with zero attached hydrogens (tertiary/aromatic N) is 1. The van der Waals surface area contributed by atoms with Crippen LogP contribution in [0.3, 0.4) is 0 Å². The highest BCUT2D eigenvalue weighted by molar-refractivity contribution is 5.99. The molecule has 0 saturated carbocycles. The second-order valence-corrected chi connectivity index (χ2v) is 5.58. The molecule has 0 aromatic heterocycles. The molecule has 0 heterocycles. The van der Waals surface area contributed by atoms with Gasteiger partial charge in [0.15, 0.2) is 0 Å². The van der Waals surface area contributed by atoms with Gasteiger partial charge in [-0.1, -0.05) is 54.6 Å². The third-order valence-corrected chi connectivity index (χ3v) is 3.68. The standard InChI is InChI=1S/C19H19NO/c1-20(2)13-15-12-11-14-7-3-4-8-16(14)19(15)17-9-5-6-10-18(17)21/h3-12,21H,13H2,1-2H3. The van der Waals surface area contributed by atoms with Gasteiger partial charge in [0.2, 0.25) is 0 Å². The number of para-hydroxylation sites is 1. The van der Waals surface area contributed by atoms with Gasteiger partial charge in [0.1, 0.15) is 5.75 Å². The first-order valence-electron chi connectivity index (χ1n) is 7.10. The lowest BCUT2D eigenvalue weighted by Crippen LogP contribution is -2.11. The number of aromatic hydroxyl groups is 1. The number of rotatable bonds is 3. The van der Waals surface area contributed by atoms with Gasteiger partial charge >= 0.3 is 0 Å². The van der Waals surface area contributed by atoms with E-state index in [-0.39, 0.29) is 0 Å². The summed E-state index contributed by atoms with van der Waals surface area (Å²) in [5, 5.41) is 12.6. The zero-order valence-corrected chi connectivity index (χ0v) is 12.4. The summed E-state index contributed by atoms with van der Waals surface area (Å²) in [7, 11) is 4.12. The van der Waals surface area contributed by atoms with Crippen LogP contribution in [0.25, 0.3) is 21.9 Å². The number of fused-ring (bicyclic) bond motifs is 1. The monoisotopic (exact) mass is 277 g/mol. The molecule has 0 saturated heterocycles. The van der Waals surface area contributed by atoms with Crippen molar-refractivity contribution in [2.45, 2.75) is 6.54 Å². The zero-order valence-electron chi connectivity index (χ0n) is 12.4. The van der Waals surface area contributed by atoms with Crippen molar-refractivity contribution in [2.24, 2.45) is 0 Å². The molecule has 0 aliphatic rings. The van der Waals surface area contributed by atoms with Gasteiger partial charge in [-0.2, -0.15) is 0 Å². The molecular formula is C19H19NO. The van der Waals surface area contributed by atoms with Crippen LogP contribution in [-0.4, -0.2) is 24.1 Å². The van der Waals surface area contributed by atoms with Crippen LogP contribution in [-0.2, 0) is 6.54 Å². The van der Waals surface area contributed by atoms with Gasteiger partial charge in [-0.15, -0.1) is 0 Å². The Hall–Kier alpha value is -2.32. The normalized spacial score (nSPS) is 11.2. The van der Waals surface area contributed by atoms with E-state index in [4.69, 9.17) is 0 Å². The Labute approximate surface area is 125 Å². The molecule has 106 valence electrons. The highest BCUT2D eigenvalue weighted by atomic mass is 16.3. The Morgan fingerprint density at radius 1 is 0.857 bits per heavy atom. The van der Waals surface area contributed by atoms with Gasteiger partial charge in [-0.05, 0) is 42.1 Å². The topological polar surface area (TPSA) is 23.5 Å². The summed E-state index contributed by atoms with van der Waals surface area (Å²) >= 11 is 0. The molecule has 1 N–H and O–H groups in total. The molecule has 0 amide bonds. The molecular weight excluding hydrogens is 258 g/mol. The molecule has 0 aliphatic heterocycles. The van der Waals surface area contributed by atoms with Crippen LogP contribution in [0, 0.1) is 0 Å². The summed E-state index contributed by atoms with van der Waals surface area (Å²) in [6.07, 6.45) is 0. The van der Waals surface area contributed by atoms with E-state index in [9.17, 15) is 5.11 Å². The summed E-state index contributed by atoms with van der Waals surface area (Å²) in [6, 6.07) is 20.2. The highest BCUT2D eigenvalue weighted by Crippen LogP contribution is 2.37. The third kappa shape index (κ3) is 2.63. The maximum Gasteiger partial charge on any atom is 0.123 e. The number of benzene rings is 3. The fourth-order valence-electron chi connectivity index (χ4n) is 2.79. The van der Waals surface area contributed by atoms with Crippen LogP contribution in [0.5, 0.6) is 5.75 Å². The molecule has 3 aromatic rings. The van der Waals surface area contributed by atoms with Gasteiger partial charge in [-0.3, -0.25) is 0 Å². The van der Waals surface area contributed by atoms with E-state index in [2.05, 4.69) is 43.3 Å². The minimum atomic E-state index is 0.328. The second kappa shape index (κ2) is 5.58. The second-order valence-electron chi connectivity index (χ2n) is 5.58. The molecule has 21 heavy (non-hydrogen) atoms. The van der Waals surface area contributed by atoms with Gasteiger partial charge in [0, 0.05) is 12.1 Å². The van der Waals surface area contributed by atoms with Crippen molar-refractivity contribution in [3.05, 3.63) is 66.2 Å². The summed E-state index contributed by atoms with van der Waals surface area (Å²) in [5.74, 6) is 0.328. The molecule has 0 fully saturated rings. The smallest absolute Gasteiger partial charge is 0.123 e. The van der Waals surface area contributed by atoms with Crippen molar-refractivity contribution in [1.82, 2.24) is 4.90 Å². The molecule has 0 bridgehead atoms. The minimum Gasteiger partial charge on any atom is -0.507 e. The molecule has 0 spiro atoms. The third-order valence-electron chi connectivity index (χ3n) is 3.68. The van der Waals surface area contributed by atoms with Crippen molar-refractivity contribution in [2.75, 3.05) is 14.1 Å². The predicted octanol–water partition coefficient (Wildman–Crippen LogP) is 4.27. The van der Waals surface area contributed by atoms with E-state index < -0.39 is 0 Å². The van der Waals surface area contributed by atoms with Crippen LogP contribution in [0.15, 0.2) is 60.7 Å². The molecule has 3 rings (SSSR count). The Balaban J connectivity index is 2.33. The van der Waals surface area contributed by atoms with E-state index in [1.165, 1.54) is 16.3 Å². The maximum atomic E-state index is 10.3. The molecule has 0 radical (unpaired) electrons. The van der Waals surface area contributed by atoms with Crippen molar-refractivity contribution in [3.63, 3.8) is 0 Å². The molecule has 2 heteroatoms. The van der Waals surface area contributed by atoms with Gasteiger partial charge in [0.05, 0.1) is 0 Å². The number of hydrogen-bond acceptors (Lipinski definition) is 2. The van der Waals surface area contributed by atoms with Crippen LogP contribution < -0.4 is 0 Å². The fraction of sp³-hybridized carbons (Fsp3) is 0.158. The van der Waals surface area contributed by atoms with E-state index in [1.54, 1.807) is 6.07 Å². The van der Waals surface area contributed by atoms with E-state index >= 15 is 0 Å². The lowest BCUT2D eigenvalue weighted by Gasteiger charge is -2.17. The van der Waals surface area contributed by atoms with Crippen LogP contribution in [0.4, 0.5) is 0 Å². The highest BCUT2D eigenvalue weighted by Gasteiger charge is 2.13. The van der Waals surface area contributed by atoms with Crippen LogP contribution in [0.1, 0.15) is 5.56 Å². The SMILES string of the molecule is CN(C)Cc1ccc2ccccc2c1-c1ccccc1O. The maximum absolute atomic E-state index is 10.3. The molecule has 2 nitrogen and oxygen atoms in total. The van der Waals surface area contributed by atoms with Crippen molar-refractivity contribution >= 4 is 10.8 Å². The van der Waals surface area contributed by atoms with Gasteiger partial charge in [0.25, 0.3) is 0 Å². The van der Waals surface area contributed by atoms with Crippen LogP contribution >= 0.6 is 0 Å². The zero-order chi connectivity index (χ0) is 14.8. The first-order valence-corrected chi connectivity index (χ1v) is 7.10. The van der Waals surface area contributed by atoms with Crippen LogP contribution in [0.2, 0.25) is 0 Å². The van der Waals surface area contributed by atoms with E-state index in [1.807, 2.05) is 30.3 Å². The van der Waals surface area contributed by atoms with Crippen molar-refractivity contribution < 1.29 is 5.11 Å². The number of phenols is 1. The fourth-order valence-corrected chi connectivity index (χ4v) is 2.79. The minimum absolute atomic E-state index is 0.328. The van der Waals surface area contributed by atoms with Gasteiger partial charge in [-0.25, -0.2) is 0 Å². The Morgan fingerprint density at radius 3 is 2.33 bits per heavy atom. The number of hydrogen-bond donors (Lipinski definition) is 1. The summed E-state index contributed by atoms with van der Waals surface area (Å²) < 4.78 is 0. The largest absolute Gasteiger partial charge is 0.507 e. The molecule has 0 aliphatic carbocycles. The van der Waals surface area contributed by atoms with Crippen molar-refractivity contribution in [3.8, 4) is 16.9 Å². The average molecular weight is 277 g/mol. The Morgan fingerprint density at radius 2 is 1.57 bits per heavy atom. The Bertz CT molecular complexity index is 777. The molecule has 0 unspecified atom stereocenters. The van der Waals surface area contributed by atoms with Gasteiger partial charge < -0.3 is 10.0 Å². The van der Waals surface area contributed by atoms with E-state index in [0.29, 0.717) is 5.75 Å². The molecule has 0 atom stereocenters.